The minimum absolute atomic E-state index is 0.107. The predicted octanol–water partition coefficient (Wildman–Crippen LogP) is 21.7. The van der Waals surface area contributed by atoms with Crippen LogP contribution in [0.1, 0.15) is 388 Å². The van der Waals surface area contributed by atoms with Crippen molar-refractivity contribution in [2.45, 2.75) is 406 Å². The molecule has 0 heterocycles. The van der Waals surface area contributed by atoms with Crippen LogP contribution in [0.2, 0.25) is 0 Å². The lowest BCUT2D eigenvalue weighted by molar-refractivity contribution is -0.161. The van der Waals surface area contributed by atoms with E-state index < -0.39 is 97.5 Å². The quantitative estimate of drug-likeness (QED) is 0.0222. The van der Waals surface area contributed by atoms with Crippen LogP contribution in [0.3, 0.4) is 0 Å². The fourth-order valence-corrected chi connectivity index (χ4v) is 12.9. The first-order valence-corrected chi connectivity index (χ1v) is 41.6. The van der Waals surface area contributed by atoms with E-state index in [1.54, 1.807) is 0 Å². The summed E-state index contributed by atoms with van der Waals surface area (Å²) in [4.78, 5) is 72.7. The minimum atomic E-state index is -4.95. The molecule has 0 bridgehead atoms. The Morgan fingerprint density at radius 3 is 0.731 bits per heavy atom. The van der Waals surface area contributed by atoms with E-state index in [1.807, 2.05) is 0 Å². The molecule has 0 fully saturated rings. The van der Waals surface area contributed by atoms with Crippen molar-refractivity contribution in [3.63, 3.8) is 0 Å². The third kappa shape index (κ3) is 68.4. The van der Waals surface area contributed by atoms with Gasteiger partial charge in [-0.05, 0) is 31.6 Å². The Morgan fingerprint density at radius 1 is 0.290 bits per heavy atom. The van der Waals surface area contributed by atoms with Crippen LogP contribution < -0.4 is 0 Å². The number of carbonyl (C=O) groups is 4. The first-order chi connectivity index (χ1) is 45.0. The van der Waals surface area contributed by atoms with Gasteiger partial charge in [0.1, 0.15) is 19.3 Å². The Kier molecular flexibility index (Phi) is 65.9. The number of phosphoric ester groups is 2. The lowest BCUT2D eigenvalue weighted by Crippen LogP contribution is -2.30. The van der Waals surface area contributed by atoms with Gasteiger partial charge in [0.25, 0.3) is 0 Å². The molecule has 0 rings (SSSR count). The second-order valence-corrected chi connectivity index (χ2v) is 30.1. The summed E-state index contributed by atoms with van der Waals surface area (Å²) in [7, 11) is -9.90. The molecule has 3 N–H and O–H groups in total. The topological polar surface area (TPSA) is 237 Å². The highest BCUT2D eigenvalue weighted by Gasteiger charge is 2.30. The number of aliphatic hydroxyl groups excluding tert-OH is 1. The van der Waals surface area contributed by atoms with Crippen molar-refractivity contribution >= 4 is 39.5 Å². The van der Waals surface area contributed by atoms with Crippen LogP contribution in [-0.2, 0) is 65.4 Å². The number of unbranched alkanes of at least 4 members (excludes halogenated alkanes) is 46. The Hall–Kier alpha value is -1.94. The Labute approximate surface area is 568 Å². The summed E-state index contributed by atoms with van der Waals surface area (Å²) in [5.41, 5.74) is 0. The van der Waals surface area contributed by atoms with Crippen LogP contribution in [0.5, 0.6) is 0 Å². The van der Waals surface area contributed by atoms with Crippen LogP contribution in [0, 0.1) is 5.92 Å². The molecule has 552 valence electrons. The number of aliphatic hydroxyl groups is 1. The van der Waals surface area contributed by atoms with Crippen molar-refractivity contribution in [1.29, 1.82) is 0 Å². The van der Waals surface area contributed by atoms with E-state index in [1.165, 1.54) is 212 Å². The number of ether oxygens (including phenoxy) is 4. The molecule has 17 nitrogen and oxygen atoms in total. The van der Waals surface area contributed by atoms with Crippen molar-refractivity contribution < 1.29 is 80.2 Å². The molecule has 2 unspecified atom stereocenters. The van der Waals surface area contributed by atoms with Gasteiger partial charge in [-0.25, -0.2) is 9.13 Å². The van der Waals surface area contributed by atoms with E-state index in [4.69, 9.17) is 37.0 Å². The van der Waals surface area contributed by atoms with Gasteiger partial charge in [0.15, 0.2) is 12.2 Å². The lowest BCUT2D eigenvalue weighted by Gasteiger charge is -2.21. The van der Waals surface area contributed by atoms with Crippen LogP contribution >= 0.6 is 15.6 Å². The standard InChI is InChI=1S/C74H144O17P2/c1-6-9-12-15-18-21-23-24-26-30-34-38-43-48-53-58-72(77)85-64-70(91-74(79)60-55-50-45-40-35-31-28-25-27-29-33-37-41-46-51-56-67(4)5)66-89-93(82,83)87-62-68(75)61-86-92(80,81)88-65-69(63-84-71(76)57-52-47-42-36-20-17-14-11-8-3)90-73(78)59-54-49-44-39-32-22-19-16-13-10-7-2/h67-70,75H,6-66H2,1-5H3,(H,80,81)(H,82,83)/t68-,69+,70+/m0/s1. The summed E-state index contributed by atoms with van der Waals surface area (Å²) < 4.78 is 68.4. The summed E-state index contributed by atoms with van der Waals surface area (Å²) in [6.07, 6.45) is 55.4. The number of rotatable bonds is 74. The highest BCUT2D eigenvalue weighted by Crippen LogP contribution is 2.45. The van der Waals surface area contributed by atoms with E-state index >= 15 is 0 Å². The minimum Gasteiger partial charge on any atom is -0.462 e. The summed E-state index contributed by atoms with van der Waals surface area (Å²) in [6, 6.07) is 0. The van der Waals surface area contributed by atoms with Crippen LogP contribution in [0.25, 0.3) is 0 Å². The molecule has 0 aliphatic heterocycles. The third-order valence-electron chi connectivity index (χ3n) is 17.3. The molecule has 0 aliphatic carbocycles. The third-order valence-corrected chi connectivity index (χ3v) is 19.2. The first kappa shape index (κ1) is 91.1. The summed E-state index contributed by atoms with van der Waals surface area (Å²) in [5, 5.41) is 10.6. The van der Waals surface area contributed by atoms with E-state index in [9.17, 15) is 43.2 Å². The molecule has 0 amide bonds. The van der Waals surface area contributed by atoms with Crippen molar-refractivity contribution in [2.75, 3.05) is 39.6 Å². The van der Waals surface area contributed by atoms with Crippen molar-refractivity contribution in [3.05, 3.63) is 0 Å². The second kappa shape index (κ2) is 67.3. The monoisotopic (exact) mass is 1370 g/mol. The highest BCUT2D eigenvalue weighted by atomic mass is 31.2. The normalized spacial score (nSPS) is 14.0. The second-order valence-electron chi connectivity index (χ2n) is 27.2. The summed E-state index contributed by atoms with van der Waals surface area (Å²) in [6.45, 7) is 7.29. The molecule has 0 aromatic heterocycles. The number of phosphoric acid groups is 2. The van der Waals surface area contributed by atoms with Gasteiger partial charge in [-0.1, -0.05) is 336 Å². The summed E-state index contributed by atoms with van der Waals surface area (Å²) in [5.74, 6) is -1.31. The maximum atomic E-state index is 13.1. The molecule has 19 heteroatoms. The number of esters is 4. The Balaban J connectivity index is 5.22. The fraction of sp³-hybridized carbons (Fsp3) is 0.946. The van der Waals surface area contributed by atoms with Gasteiger partial charge < -0.3 is 33.8 Å². The average Bonchev–Trinajstić information content (AvgIpc) is 1.98. The fourth-order valence-electron chi connectivity index (χ4n) is 11.4. The molecule has 0 aromatic carbocycles. The molecular formula is C74H144O17P2. The maximum Gasteiger partial charge on any atom is 0.472 e. The first-order valence-electron chi connectivity index (χ1n) is 38.6. The number of hydrogen-bond acceptors (Lipinski definition) is 15. The van der Waals surface area contributed by atoms with Crippen molar-refractivity contribution in [2.24, 2.45) is 5.92 Å². The molecule has 0 aromatic rings. The summed E-state index contributed by atoms with van der Waals surface area (Å²) >= 11 is 0. The zero-order valence-corrected chi connectivity index (χ0v) is 62.2. The van der Waals surface area contributed by atoms with Gasteiger partial charge in [0.2, 0.25) is 0 Å². The molecule has 0 spiro atoms. The molecule has 0 saturated heterocycles. The van der Waals surface area contributed by atoms with Crippen molar-refractivity contribution in [3.8, 4) is 0 Å². The molecule has 0 aliphatic rings. The number of carbonyl (C=O) groups excluding carboxylic acids is 4. The zero-order valence-electron chi connectivity index (χ0n) is 60.4. The van der Waals surface area contributed by atoms with Gasteiger partial charge in [0, 0.05) is 25.7 Å². The predicted molar refractivity (Wildman–Crippen MR) is 377 cm³/mol. The van der Waals surface area contributed by atoms with Crippen LogP contribution in [-0.4, -0.2) is 96.7 Å². The van der Waals surface area contributed by atoms with E-state index in [-0.39, 0.29) is 25.7 Å². The van der Waals surface area contributed by atoms with Gasteiger partial charge in [-0.15, -0.1) is 0 Å². The van der Waals surface area contributed by atoms with E-state index in [2.05, 4.69) is 34.6 Å². The van der Waals surface area contributed by atoms with Gasteiger partial charge in [-0.3, -0.25) is 37.3 Å². The molecule has 5 atom stereocenters. The van der Waals surface area contributed by atoms with Gasteiger partial charge in [-0.2, -0.15) is 0 Å². The smallest absolute Gasteiger partial charge is 0.462 e. The van der Waals surface area contributed by atoms with Crippen LogP contribution in [0.4, 0.5) is 0 Å². The molecular weight excluding hydrogens is 1220 g/mol. The number of hydrogen-bond donors (Lipinski definition) is 3. The lowest BCUT2D eigenvalue weighted by atomic mass is 10.0. The SMILES string of the molecule is CCCCCCCCCCCCCCCCCC(=O)OC[C@H](COP(=O)(O)OC[C@@H](O)COP(=O)(O)OC[C@@H](COC(=O)CCCCCCCCCCC)OC(=O)CCCCCCCCCCCCC)OC(=O)CCCCCCCCCCCCCCCCCC(C)C. The average molecular weight is 1370 g/mol. The van der Waals surface area contributed by atoms with Crippen LogP contribution in [0.15, 0.2) is 0 Å². The Bertz CT molecular complexity index is 1790. The van der Waals surface area contributed by atoms with E-state index in [0.717, 1.165) is 95.8 Å². The van der Waals surface area contributed by atoms with Crippen molar-refractivity contribution in [1.82, 2.24) is 0 Å². The zero-order chi connectivity index (χ0) is 68.4. The molecule has 93 heavy (non-hydrogen) atoms. The highest BCUT2D eigenvalue weighted by molar-refractivity contribution is 7.47. The molecule has 0 radical (unpaired) electrons. The maximum absolute atomic E-state index is 13.1. The van der Waals surface area contributed by atoms with Gasteiger partial charge >= 0.3 is 39.5 Å². The van der Waals surface area contributed by atoms with E-state index in [0.29, 0.717) is 25.7 Å². The largest absolute Gasteiger partial charge is 0.472 e. The Morgan fingerprint density at radius 2 is 0.495 bits per heavy atom. The molecule has 0 saturated carbocycles. The van der Waals surface area contributed by atoms with Gasteiger partial charge in [0.05, 0.1) is 26.4 Å².